The van der Waals surface area contributed by atoms with Gasteiger partial charge in [-0.25, -0.2) is 4.79 Å². The van der Waals surface area contributed by atoms with Crippen molar-refractivity contribution in [3.05, 3.63) is 5.57 Å². The van der Waals surface area contributed by atoms with E-state index in [9.17, 15) is 14.4 Å². The van der Waals surface area contributed by atoms with Gasteiger partial charge in [0.2, 0.25) is 11.6 Å². The summed E-state index contributed by atoms with van der Waals surface area (Å²) in [5.74, 6) is 0.389. The molecule has 0 heterocycles. The van der Waals surface area contributed by atoms with Crippen molar-refractivity contribution in [2.75, 3.05) is 0 Å². The van der Waals surface area contributed by atoms with Gasteiger partial charge in [0, 0.05) is 6.42 Å². The predicted molar refractivity (Wildman–Crippen MR) is 33.1 cm³/mol. The first-order valence-corrected chi connectivity index (χ1v) is 3.07. The van der Waals surface area contributed by atoms with Crippen LogP contribution in [-0.2, 0) is 14.4 Å². The van der Waals surface area contributed by atoms with Crippen molar-refractivity contribution in [2.45, 2.75) is 19.3 Å². The van der Waals surface area contributed by atoms with Gasteiger partial charge >= 0.3 is 0 Å². The number of carbonyl (C=O) groups excluding carboxylic acids is 3. The van der Waals surface area contributed by atoms with E-state index in [4.69, 9.17) is 0 Å². The second-order valence-electron chi connectivity index (χ2n) is 2.19. The molecule has 0 bridgehead atoms. The molecular weight excluding hydrogens is 132 g/mol. The third kappa shape index (κ3) is 1.04. The molecular formula is C7H6O3. The van der Waals surface area contributed by atoms with Crippen LogP contribution < -0.4 is 0 Å². The maximum atomic E-state index is 10.7. The molecule has 0 spiro atoms. The Balaban J connectivity index is 2.89. The van der Waals surface area contributed by atoms with Gasteiger partial charge in [-0.15, -0.1) is 0 Å². The monoisotopic (exact) mass is 138 g/mol. The Morgan fingerprint density at radius 3 is 2.40 bits per heavy atom. The van der Waals surface area contributed by atoms with Gasteiger partial charge in [0.15, 0.2) is 0 Å². The molecule has 0 saturated heterocycles. The van der Waals surface area contributed by atoms with Gasteiger partial charge < -0.3 is 0 Å². The van der Waals surface area contributed by atoms with Crippen molar-refractivity contribution in [2.24, 2.45) is 0 Å². The molecule has 1 saturated carbocycles. The van der Waals surface area contributed by atoms with Crippen LogP contribution in [0.15, 0.2) is 5.57 Å². The maximum Gasteiger partial charge on any atom is 0.235 e. The number of allylic oxidation sites excluding steroid dienone is 1. The van der Waals surface area contributed by atoms with Crippen molar-refractivity contribution in [3.63, 3.8) is 0 Å². The second kappa shape index (κ2) is 2.58. The number of hydrogen-bond donors (Lipinski definition) is 0. The average Bonchev–Trinajstić information content (AvgIpc) is 1.95. The molecule has 1 aliphatic rings. The zero-order chi connectivity index (χ0) is 7.56. The molecule has 0 unspecified atom stereocenters. The Labute approximate surface area is 57.7 Å². The quantitative estimate of drug-likeness (QED) is 0.270. The van der Waals surface area contributed by atoms with E-state index in [1.807, 2.05) is 0 Å². The van der Waals surface area contributed by atoms with Crippen LogP contribution in [0.2, 0.25) is 0 Å². The SMILES string of the molecule is O=C=C1CCCC(=O)C1=O. The largest absolute Gasteiger partial charge is 0.290 e. The van der Waals surface area contributed by atoms with Crippen LogP contribution in [0.1, 0.15) is 19.3 Å². The van der Waals surface area contributed by atoms with Crippen LogP contribution in [0.4, 0.5) is 0 Å². The number of Topliss-reactive ketones (excluding diaryl/α,β-unsaturated/α-hetero) is 2. The second-order valence-corrected chi connectivity index (χ2v) is 2.19. The lowest BCUT2D eigenvalue weighted by molar-refractivity contribution is -0.135. The minimum Gasteiger partial charge on any atom is -0.290 e. The molecule has 0 aromatic carbocycles. The molecule has 0 N–H and O–H groups in total. The maximum absolute atomic E-state index is 10.7. The lowest BCUT2D eigenvalue weighted by atomic mass is 9.94. The van der Waals surface area contributed by atoms with Gasteiger partial charge in [0.25, 0.3) is 0 Å². The molecule has 3 heteroatoms. The Morgan fingerprint density at radius 2 is 1.90 bits per heavy atom. The molecule has 0 aliphatic heterocycles. The Kier molecular flexibility index (Phi) is 1.78. The van der Waals surface area contributed by atoms with E-state index in [1.165, 1.54) is 5.94 Å². The Hall–Kier alpha value is -1.21. The van der Waals surface area contributed by atoms with E-state index in [0.717, 1.165) is 0 Å². The third-order valence-corrected chi connectivity index (χ3v) is 1.48. The molecule has 3 nitrogen and oxygen atoms in total. The number of rotatable bonds is 0. The zero-order valence-electron chi connectivity index (χ0n) is 5.35. The highest BCUT2D eigenvalue weighted by Gasteiger charge is 2.24. The Bertz CT molecular complexity index is 233. The van der Waals surface area contributed by atoms with E-state index in [1.54, 1.807) is 0 Å². The summed E-state index contributed by atoms with van der Waals surface area (Å²) in [7, 11) is 0. The molecule has 10 heavy (non-hydrogen) atoms. The molecule has 0 radical (unpaired) electrons. The lowest BCUT2D eigenvalue weighted by Crippen LogP contribution is -2.21. The molecule has 52 valence electrons. The summed E-state index contributed by atoms with van der Waals surface area (Å²) >= 11 is 0. The molecule has 0 aromatic rings. The number of hydrogen-bond acceptors (Lipinski definition) is 3. The molecule has 0 aromatic heterocycles. The fourth-order valence-corrected chi connectivity index (χ4v) is 0.918. The van der Waals surface area contributed by atoms with Crippen LogP contribution in [0.25, 0.3) is 0 Å². The van der Waals surface area contributed by atoms with Crippen LogP contribution in [0, 0.1) is 0 Å². The predicted octanol–water partition coefficient (Wildman–Crippen LogP) is 0.0665. The van der Waals surface area contributed by atoms with Crippen molar-refractivity contribution in [1.29, 1.82) is 0 Å². The normalized spacial score (nSPS) is 19.0. The van der Waals surface area contributed by atoms with Gasteiger partial charge in [-0.3, -0.25) is 9.59 Å². The summed E-state index contributed by atoms with van der Waals surface area (Å²) in [6.45, 7) is 0. The first-order chi connectivity index (χ1) is 4.75. The van der Waals surface area contributed by atoms with Gasteiger partial charge in [0.05, 0.1) is 5.57 Å². The summed E-state index contributed by atoms with van der Waals surface area (Å²) in [6, 6.07) is 0. The topological polar surface area (TPSA) is 51.2 Å². The third-order valence-electron chi connectivity index (χ3n) is 1.48. The standard InChI is InChI=1S/C7H6O3/c8-4-5-2-1-3-6(9)7(5)10/h1-3H2. The summed E-state index contributed by atoms with van der Waals surface area (Å²) in [4.78, 5) is 31.3. The number of carbonyl (C=O) groups is 2. The van der Waals surface area contributed by atoms with E-state index in [2.05, 4.69) is 0 Å². The van der Waals surface area contributed by atoms with Crippen molar-refractivity contribution in [1.82, 2.24) is 0 Å². The summed E-state index contributed by atoms with van der Waals surface area (Å²) in [6.07, 6.45) is 1.30. The minimum absolute atomic E-state index is 0.0104. The summed E-state index contributed by atoms with van der Waals surface area (Å²) in [5, 5.41) is 0. The highest BCUT2D eigenvalue weighted by molar-refractivity contribution is 6.45. The van der Waals surface area contributed by atoms with Crippen molar-refractivity contribution in [3.8, 4) is 0 Å². The molecule has 0 atom stereocenters. The minimum atomic E-state index is -0.638. The van der Waals surface area contributed by atoms with Gasteiger partial charge in [0.1, 0.15) is 5.94 Å². The van der Waals surface area contributed by atoms with E-state index in [-0.39, 0.29) is 12.0 Å². The van der Waals surface area contributed by atoms with Gasteiger partial charge in [-0.05, 0) is 12.8 Å². The molecule has 1 rings (SSSR count). The van der Waals surface area contributed by atoms with Crippen molar-refractivity contribution < 1.29 is 14.4 Å². The van der Waals surface area contributed by atoms with Gasteiger partial charge in [-0.2, -0.15) is 0 Å². The molecule has 1 aliphatic carbocycles. The van der Waals surface area contributed by atoms with Crippen LogP contribution in [0.5, 0.6) is 0 Å². The van der Waals surface area contributed by atoms with Crippen LogP contribution in [0.3, 0.4) is 0 Å². The summed E-state index contributed by atoms with van der Waals surface area (Å²) in [5.41, 5.74) is 0.0104. The van der Waals surface area contributed by atoms with Crippen LogP contribution in [-0.4, -0.2) is 17.5 Å². The number of ketones is 2. The first-order valence-electron chi connectivity index (χ1n) is 3.07. The summed E-state index contributed by atoms with van der Waals surface area (Å²) < 4.78 is 0. The van der Waals surface area contributed by atoms with E-state index < -0.39 is 11.6 Å². The van der Waals surface area contributed by atoms with Crippen LogP contribution >= 0.6 is 0 Å². The highest BCUT2D eigenvalue weighted by Crippen LogP contribution is 2.13. The van der Waals surface area contributed by atoms with E-state index >= 15 is 0 Å². The molecule has 0 amide bonds. The van der Waals surface area contributed by atoms with Crippen molar-refractivity contribution >= 4 is 17.5 Å². The molecule has 1 fully saturated rings. The fraction of sp³-hybridized carbons (Fsp3) is 0.429. The smallest absolute Gasteiger partial charge is 0.235 e. The lowest BCUT2D eigenvalue weighted by Gasteiger charge is -2.06. The Morgan fingerprint density at radius 1 is 1.20 bits per heavy atom. The fourth-order valence-electron chi connectivity index (χ4n) is 0.918. The average molecular weight is 138 g/mol. The highest BCUT2D eigenvalue weighted by atomic mass is 16.2. The van der Waals surface area contributed by atoms with E-state index in [0.29, 0.717) is 12.8 Å². The first kappa shape index (κ1) is 6.90. The zero-order valence-corrected chi connectivity index (χ0v) is 5.35. The van der Waals surface area contributed by atoms with Gasteiger partial charge in [-0.1, -0.05) is 0 Å².